The predicted molar refractivity (Wildman–Crippen MR) is 81.1 cm³/mol. The molecule has 2 rings (SSSR count). The Hall–Kier alpha value is -2.30. The van der Waals surface area contributed by atoms with Crippen molar-refractivity contribution in [1.29, 1.82) is 0 Å². The van der Waals surface area contributed by atoms with E-state index in [1.165, 1.54) is 0 Å². The first-order valence-corrected chi connectivity index (χ1v) is 6.98. The average Bonchev–Trinajstić information content (AvgIpc) is 2.95. The third-order valence-electron chi connectivity index (χ3n) is 3.28. The van der Waals surface area contributed by atoms with E-state index in [4.69, 9.17) is 4.74 Å². The number of hydrogen-bond acceptors (Lipinski definition) is 3. The molecule has 0 bridgehead atoms. The molecule has 1 aromatic carbocycles. The van der Waals surface area contributed by atoms with Crippen LogP contribution < -0.4 is 4.74 Å². The number of carbonyl (C=O) groups excluding carboxylic acids is 1. The maximum Gasteiger partial charge on any atom is 0.226 e. The molecular weight excluding hydrogens is 266 g/mol. The number of benzene rings is 1. The van der Waals surface area contributed by atoms with Gasteiger partial charge in [0, 0.05) is 19.4 Å². The molecule has 112 valence electrons. The summed E-state index contributed by atoms with van der Waals surface area (Å²) in [4.78, 5) is 20.7. The summed E-state index contributed by atoms with van der Waals surface area (Å²) in [5.74, 6) is 1.66. The van der Waals surface area contributed by atoms with Crippen molar-refractivity contribution < 1.29 is 9.53 Å². The number of hydrogen-bond donors (Lipinski definition) is 1. The van der Waals surface area contributed by atoms with E-state index in [-0.39, 0.29) is 5.91 Å². The first-order valence-electron chi connectivity index (χ1n) is 6.98. The second-order valence-electron chi connectivity index (χ2n) is 5.15. The summed E-state index contributed by atoms with van der Waals surface area (Å²) in [6.07, 6.45) is 3.78. The SMILES string of the molecule is Cc1ccc(C)c(OCCC(=O)N(C)Cc2ncc[nH]2)c1. The first-order chi connectivity index (χ1) is 10.1. The fourth-order valence-electron chi connectivity index (χ4n) is 2.00. The van der Waals surface area contributed by atoms with Crippen molar-refractivity contribution >= 4 is 5.91 Å². The predicted octanol–water partition coefficient (Wildman–Crippen LogP) is 2.45. The minimum atomic E-state index is 0.0386. The Morgan fingerprint density at radius 2 is 2.19 bits per heavy atom. The zero-order chi connectivity index (χ0) is 15.2. The zero-order valence-electron chi connectivity index (χ0n) is 12.7. The molecule has 0 atom stereocenters. The maximum atomic E-state index is 12.0. The van der Waals surface area contributed by atoms with E-state index in [2.05, 4.69) is 9.97 Å². The largest absolute Gasteiger partial charge is 0.493 e. The minimum Gasteiger partial charge on any atom is -0.493 e. The van der Waals surface area contributed by atoms with E-state index >= 15 is 0 Å². The maximum absolute atomic E-state index is 12.0. The minimum absolute atomic E-state index is 0.0386. The van der Waals surface area contributed by atoms with Crippen LogP contribution in [0, 0.1) is 13.8 Å². The van der Waals surface area contributed by atoms with Crippen molar-refractivity contribution in [3.05, 3.63) is 47.5 Å². The van der Waals surface area contributed by atoms with Crippen LogP contribution >= 0.6 is 0 Å². The normalized spacial score (nSPS) is 10.4. The van der Waals surface area contributed by atoms with Crippen LogP contribution in [0.1, 0.15) is 23.4 Å². The van der Waals surface area contributed by atoms with Crippen molar-refractivity contribution in [2.24, 2.45) is 0 Å². The number of carbonyl (C=O) groups is 1. The molecule has 1 aromatic heterocycles. The molecule has 0 fully saturated rings. The summed E-state index contributed by atoms with van der Waals surface area (Å²) in [6.45, 7) is 4.88. The van der Waals surface area contributed by atoms with Crippen LogP contribution in [0.25, 0.3) is 0 Å². The van der Waals surface area contributed by atoms with Crippen LogP contribution in [0.2, 0.25) is 0 Å². The Labute approximate surface area is 125 Å². The van der Waals surface area contributed by atoms with Gasteiger partial charge in [-0.3, -0.25) is 4.79 Å². The van der Waals surface area contributed by atoms with Crippen LogP contribution in [-0.4, -0.2) is 34.4 Å². The molecule has 5 nitrogen and oxygen atoms in total. The second kappa shape index (κ2) is 6.92. The number of amides is 1. The molecule has 1 heterocycles. The Morgan fingerprint density at radius 3 is 2.90 bits per heavy atom. The van der Waals surface area contributed by atoms with Crippen LogP contribution in [0.4, 0.5) is 0 Å². The smallest absolute Gasteiger partial charge is 0.226 e. The molecule has 0 aliphatic heterocycles. The third-order valence-corrected chi connectivity index (χ3v) is 3.28. The van der Waals surface area contributed by atoms with E-state index in [1.54, 1.807) is 24.3 Å². The molecule has 0 aliphatic carbocycles. The van der Waals surface area contributed by atoms with Crippen LogP contribution in [0.5, 0.6) is 5.75 Å². The summed E-state index contributed by atoms with van der Waals surface area (Å²) in [5, 5.41) is 0. The lowest BCUT2D eigenvalue weighted by Gasteiger charge is -2.16. The number of rotatable bonds is 6. The van der Waals surface area contributed by atoms with Gasteiger partial charge < -0.3 is 14.6 Å². The van der Waals surface area contributed by atoms with Crippen LogP contribution in [0.3, 0.4) is 0 Å². The molecule has 21 heavy (non-hydrogen) atoms. The number of aryl methyl sites for hydroxylation is 2. The van der Waals surface area contributed by atoms with E-state index in [0.717, 1.165) is 22.7 Å². The van der Waals surface area contributed by atoms with Crippen molar-refractivity contribution in [3.63, 3.8) is 0 Å². The third kappa shape index (κ3) is 4.34. The fraction of sp³-hybridized carbons (Fsp3) is 0.375. The standard InChI is InChI=1S/C16H21N3O2/c1-12-4-5-13(2)14(10-12)21-9-6-16(20)19(3)11-15-17-7-8-18-15/h4-5,7-8,10H,6,9,11H2,1-3H3,(H,17,18). The quantitative estimate of drug-likeness (QED) is 0.888. The van der Waals surface area contributed by atoms with E-state index < -0.39 is 0 Å². The lowest BCUT2D eigenvalue weighted by Crippen LogP contribution is -2.28. The second-order valence-corrected chi connectivity index (χ2v) is 5.15. The van der Waals surface area contributed by atoms with Crippen LogP contribution in [-0.2, 0) is 11.3 Å². The van der Waals surface area contributed by atoms with Gasteiger partial charge in [0.25, 0.3) is 0 Å². The summed E-state index contributed by atoms with van der Waals surface area (Å²) in [5.41, 5.74) is 2.23. The van der Waals surface area contributed by atoms with E-state index in [1.807, 2.05) is 32.0 Å². The van der Waals surface area contributed by atoms with Gasteiger partial charge in [0.2, 0.25) is 5.91 Å². The lowest BCUT2D eigenvalue weighted by atomic mass is 10.1. The summed E-state index contributed by atoms with van der Waals surface area (Å²) in [6, 6.07) is 6.06. The molecule has 0 aliphatic rings. The van der Waals surface area contributed by atoms with Gasteiger partial charge in [-0.25, -0.2) is 4.98 Å². The highest BCUT2D eigenvalue weighted by molar-refractivity contribution is 5.75. The number of H-pyrrole nitrogens is 1. The Morgan fingerprint density at radius 1 is 1.38 bits per heavy atom. The number of aromatic nitrogens is 2. The van der Waals surface area contributed by atoms with Crippen LogP contribution in [0.15, 0.2) is 30.6 Å². The van der Waals surface area contributed by atoms with Crippen molar-refractivity contribution in [1.82, 2.24) is 14.9 Å². The van der Waals surface area contributed by atoms with E-state index in [9.17, 15) is 4.79 Å². The molecule has 5 heteroatoms. The lowest BCUT2D eigenvalue weighted by molar-refractivity contribution is -0.131. The highest BCUT2D eigenvalue weighted by Gasteiger charge is 2.11. The molecule has 0 radical (unpaired) electrons. The van der Waals surface area contributed by atoms with Gasteiger partial charge in [-0.15, -0.1) is 0 Å². The molecule has 1 amide bonds. The highest BCUT2D eigenvalue weighted by atomic mass is 16.5. The number of ether oxygens (including phenoxy) is 1. The Bertz CT molecular complexity index is 594. The molecule has 0 saturated heterocycles. The molecule has 2 aromatic rings. The number of nitrogens with zero attached hydrogens (tertiary/aromatic N) is 2. The molecule has 1 N–H and O–H groups in total. The number of nitrogens with one attached hydrogen (secondary N) is 1. The van der Waals surface area contributed by atoms with E-state index in [0.29, 0.717) is 19.6 Å². The van der Waals surface area contributed by atoms with Gasteiger partial charge in [0.15, 0.2) is 0 Å². The zero-order valence-corrected chi connectivity index (χ0v) is 12.7. The first kappa shape index (κ1) is 15.1. The van der Waals surface area contributed by atoms with Gasteiger partial charge in [0.1, 0.15) is 11.6 Å². The van der Waals surface area contributed by atoms with Gasteiger partial charge in [-0.1, -0.05) is 12.1 Å². The summed E-state index contributed by atoms with van der Waals surface area (Å²) >= 11 is 0. The fourth-order valence-corrected chi connectivity index (χ4v) is 2.00. The summed E-state index contributed by atoms with van der Waals surface area (Å²) < 4.78 is 5.70. The van der Waals surface area contributed by atoms with Crippen molar-refractivity contribution in [2.75, 3.05) is 13.7 Å². The van der Waals surface area contributed by atoms with Crippen molar-refractivity contribution in [3.8, 4) is 5.75 Å². The summed E-state index contributed by atoms with van der Waals surface area (Å²) in [7, 11) is 1.77. The molecule has 0 unspecified atom stereocenters. The topological polar surface area (TPSA) is 58.2 Å². The number of imidazole rings is 1. The van der Waals surface area contributed by atoms with Gasteiger partial charge in [0.05, 0.1) is 19.6 Å². The average molecular weight is 287 g/mol. The van der Waals surface area contributed by atoms with Gasteiger partial charge >= 0.3 is 0 Å². The Kier molecular flexibility index (Phi) is 4.98. The van der Waals surface area contributed by atoms with Crippen molar-refractivity contribution in [2.45, 2.75) is 26.8 Å². The highest BCUT2D eigenvalue weighted by Crippen LogP contribution is 2.19. The number of aromatic amines is 1. The Balaban J connectivity index is 1.80. The monoisotopic (exact) mass is 287 g/mol. The van der Waals surface area contributed by atoms with Gasteiger partial charge in [-0.2, -0.15) is 0 Å². The molecular formula is C16H21N3O2. The molecule has 0 spiro atoms. The van der Waals surface area contributed by atoms with Gasteiger partial charge in [-0.05, 0) is 31.0 Å². The molecule has 0 saturated carbocycles.